The van der Waals surface area contributed by atoms with Crippen molar-refractivity contribution in [2.24, 2.45) is 0 Å². The third-order valence-corrected chi connectivity index (χ3v) is 1.41. The first kappa shape index (κ1) is 9.26. The van der Waals surface area contributed by atoms with Gasteiger partial charge in [-0.05, 0) is 11.6 Å². The van der Waals surface area contributed by atoms with Crippen LogP contribution in [0.15, 0.2) is 49.2 Å². The molecule has 0 N–H and O–H groups in total. The van der Waals surface area contributed by atoms with Crippen molar-refractivity contribution in [1.82, 2.24) is 0 Å². The molecule has 13 heavy (non-hydrogen) atoms. The van der Waals surface area contributed by atoms with Crippen LogP contribution in [0.2, 0.25) is 0 Å². The summed E-state index contributed by atoms with van der Waals surface area (Å²) in [7, 11) is 0. The van der Waals surface area contributed by atoms with Crippen LogP contribution >= 0.6 is 0 Å². The van der Waals surface area contributed by atoms with Crippen molar-refractivity contribution < 1.29 is 9.53 Å². The van der Waals surface area contributed by atoms with Crippen LogP contribution in [-0.4, -0.2) is 5.97 Å². The number of ether oxygens (including phenoxy) is 1. The van der Waals surface area contributed by atoms with Crippen molar-refractivity contribution in [2.75, 3.05) is 0 Å². The van der Waals surface area contributed by atoms with Gasteiger partial charge in [-0.2, -0.15) is 0 Å². The van der Waals surface area contributed by atoms with Gasteiger partial charge in [0.05, 0.1) is 6.26 Å². The molecule has 0 amide bonds. The van der Waals surface area contributed by atoms with Gasteiger partial charge < -0.3 is 4.74 Å². The Morgan fingerprint density at radius 1 is 1.31 bits per heavy atom. The topological polar surface area (TPSA) is 26.3 Å². The largest absolute Gasteiger partial charge is 0.431 e. The van der Waals surface area contributed by atoms with Crippen LogP contribution in [0.25, 0.3) is 6.08 Å². The van der Waals surface area contributed by atoms with E-state index in [1.165, 1.54) is 6.26 Å². The van der Waals surface area contributed by atoms with Crippen LogP contribution in [0.1, 0.15) is 5.56 Å². The van der Waals surface area contributed by atoms with Gasteiger partial charge >= 0.3 is 5.97 Å². The molecule has 0 aromatic heterocycles. The van der Waals surface area contributed by atoms with Gasteiger partial charge in [0.2, 0.25) is 0 Å². The minimum Gasteiger partial charge on any atom is -0.431 e. The maximum absolute atomic E-state index is 10.6. The number of hydrogen-bond acceptors (Lipinski definition) is 2. The molecular formula is C11H10O2. The molecule has 0 atom stereocenters. The summed E-state index contributed by atoms with van der Waals surface area (Å²) in [6, 6.07) is 9.58. The molecule has 2 nitrogen and oxygen atoms in total. The van der Waals surface area contributed by atoms with Crippen LogP contribution in [0, 0.1) is 0 Å². The SMILES string of the molecule is C=CC(=O)O/C=C/c1ccccc1. The standard InChI is InChI=1S/C11H10O2/c1-2-11(12)13-9-8-10-6-4-3-5-7-10/h2-9H,1H2/b9-8+. The molecule has 1 aromatic carbocycles. The summed E-state index contributed by atoms with van der Waals surface area (Å²) < 4.78 is 4.66. The van der Waals surface area contributed by atoms with E-state index in [-0.39, 0.29) is 0 Å². The molecule has 1 aromatic rings. The van der Waals surface area contributed by atoms with Gasteiger partial charge in [-0.3, -0.25) is 0 Å². The minimum atomic E-state index is -0.452. The van der Waals surface area contributed by atoms with E-state index in [1.54, 1.807) is 6.08 Å². The Hall–Kier alpha value is -1.83. The lowest BCUT2D eigenvalue weighted by Crippen LogP contribution is -1.91. The average Bonchev–Trinajstić information content (AvgIpc) is 2.19. The zero-order chi connectivity index (χ0) is 9.52. The summed E-state index contributed by atoms with van der Waals surface area (Å²) >= 11 is 0. The number of esters is 1. The highest BCUT2D eigenvalue weighted by molar-refractivity contribution is 5.82. The summed E-state index contributed by atoms with van der Waals surface area (Å²) in [5.74, 6) is -0.452. The third kappa shape index (κ3) is 3.38. The fourth-order valence-electron chi connectivity index (χ4n) is 0.792. The minimum absolute atomic E-state index is 0.452. The van der Waals surface area contributed by atoms with Crippen LogP contribution in [0.4, 0.5) is 0 Å². The molecule has 0 radical (unpaired) electrons. The van der Waals surface area contributed by atoms with Crippen molar-refractivity contribution in [2.45, 2.75) is 0 Å². The Morgan fingerprint density at radius 2 is 2.00 bits per heavy atom. The fourth-order valence-corrected chi connectivity index (χ4v) is 0.792. The van der Waals surface area contributed by atoms with Gasteiger partial charge in [0, 0.05) is 6.08 Å². The van der Waals surface area contributed by atoms with Crippen LogP contribution in [0.3, 0.4) is 0 Å². The van der Waals surface area contributed by atoms with Gasteiger partial charge in [-0.1, -0.05) is 36.9 Å². The first-order valence-electron chi connectivity index (χ1n) is 3.87. The Labute approximate surface area is 77.2 Å². The van der Waals surface area contributed by atoms with Gasteiger partial charge in [-0.15, -0.1) is 0 Å². The van der Waals surface area contributed by atoms with Crippen molar-refractivity contribution in [3.05, 3.63) is 54.8 Å². The zero-order valence-corrected chi connectivity index (χ0v) is 7.14. The summed E-state index contributed by atoms with van der Waals surface area (Å²) in [4.78, 5) is 10.6. The second-order valence-electron chi connectivity index (χ2n) is 2.35. The lowest BCUT2D eigenvalue weighted by molar-refractivity contribution is -0.132. The molecule has 0 fully saturated rings. The molecule has 66 valence electrons. The monoisotopic (exact) mass is 174 g/mol. The fraction of sp³-hybridized carbons (Fsp3) is 0. The highest BCUT2D eigenvalue weighted by atomic mass is 16.5. The molecule has 1 rings (SSSR count). The molecule has 0 spiro atoms. The Kier molecular flexibility index (Phi) is 3.51. The highest BCUT2D eigenvalue weighted by Crippen LogP contribution is 2.00. The second kappa shape index (κ2) is 4.93. The number of carbonyl (C=O) groups is 1. The molecule has 0 aliphatic carbocycles. The second-order valence-corrected chi connectivity index (χ2v) is 2.35. The van der Waals surface area contributed by atoms with Crippen molar-refractivity contribution in [3.63, 3.8) is 0 Å². The predicted molar refractivity (Wildman–Crippen MR) is 51.8 cm³/mol. The third-order valence-electron chi connectivity index (χ3n) is 1.41. The maximum Gasteiger partial charge on any atom is 0.334 e. The molecule has 0 saturated heterocycles. The van der Waals surface area contributed by atoms with Gasteiger partial charge in [0.25, 0.3) is 0 Å². The van der Waals surface area contributed by atoms with Crippen LogP contribution < -0.4 is 0 Å². The van der Waals surface area contributed by atoms with Gasteiger partial charge in [0.15, 0.2) is 0 Å². The van der Waals surface area contributed by atoms with Crippen molar-refractivity contribution >= 4 is 12.0 Å². The number of hydrogen-bond donors (Lipinski definition) is 0. The molecule has 0 aliphatic heterocycles. The number of carbonyl (C=O) groups excluding carboxylic acids is 1. The lowest BCUT2D eigenvalue weighted by atomic mass is 10.2. The molecule has 0 unspecified atom stereocenters. The summed E-state index contributed by atoms with van der Waals surface area (Å²) in [6.07, 6.45) is 4.18. The van der Waals surface area contributed by atoms with E-state index in [2.05, 4.69) is 11.3 Å². The summed E-state index contributed by atoms with van der Waals surface area (Å²) in [5.41, 5.74) is 0.986. The first-order chi connectivity index (χ1) is 6.33. The molecular weight excluding hydrogens is 164 g/mol. The maximum atomic E-state index is 10.6. The normalized spacial score (nSPS) is 9.85. The van der Waals surface area contributed by atoms with E-state index in [9.17, 15) is 4.79 Å². The van der Waals surface area contributed by atoms with E-state index in [4.69, 9.17) is 0 Å². The highest BCUT2D eigenvalue weighted by Gasteiger charge is 1.88. The van der Waals surface area contributed by atoms with E-state index in [0.29, 0.717) is 0 Å². The Balaban J connectivity index is 2.50. The number of rotatable bonds is 3. The molecule has 0 bridgehead atoms. The van der Waals surface area contributed by atoms with Gasteiger partial charge in [-0.25, -0.2) is 4.79 Å². The Bertz CT molecular complexity index is 312. The van der Waals surface area contributed by atoms with Crippen LogP contribution in [-0.2, 0) is 9.53 Å². The average molecular weight is 174 g/mol. The van der Waals surface area contributed by atoms with Crippen LogP contribution in [0.5, 0.6) is 0 Å². The van der Waals surface area contributed by atoms with Gasteiger partial charge in [0.1, 0.15) is 0 Å². The Morgan fingerprint density at radius 3 is 2.62 bits per heavy atom. The summed E-state index contributed by atoms with van der Waals surface area (Å²) in [6.45, 7) is 3.28. The quantitative estimate of drug-likeness (QED) is 0.399. The van der Waals surface area contributed by atoms with E-state index in [0.717, 1.165) is 11.6 Å². The van der Waals surface area contributed by atoms with Crippen molar-refractivity contribution in [1.29, 1.82) is 0 Å². The molecule has 2 heteroatoms. The predicted octanol–water partition coefficient (Wildman–Crippen LogP) is 2.39. The smallest absolute Gasteiger partial charge is 0.334 e. The lowest BCUT2D eigenvalue weighted by Gasteiger charge is -1.92. The number of benzene rings is 1. The zero-order valence-electron chi connectivity index (χ0n) is 7.14. The molecule has 0 aliphatic rings. The first-order valence-corrected chi connectivity index (χ1v) is 3.87. The van der Waals surface area contributed by atoms with E-state index < -0.39 is 5.97 Å². The molecule has 0 heterocycles. The van der Waals surface area contributed by atoms with E-state index in [1.807, 2.05) is 30.3 Å². The summed E-state index contributed by atoms with van der Waals surface area (Å²) in [5, 5.41) is 0. The molecule has 0 saturated carbocycles. The van der Waals surface area contributed by atoms with E-state index >= 15 is 0 Å². The van der Waals surface area contributed by atoms with Crippen molar-refractivity contribution in [3.8, 4) is 0 Å².